The van der Waals surface area contributed by atoms with Crippen molar-refractivity contribution in [3.05, 3.63) is 64.7 Å². The fraction of sp³-hybridized carbons (Fsp3) is 0.263. The van der Waals surface area contributed by atoms with Crippen LogP contribution in [0.3, 0.4) is 0 Å². The molecule has 0 aliphatic heterocycles. The van der Waals surface area contributed by atoms with Gasteiger partial charge in [-0.05, 0) is 42.7 Å². The molecule has 24 heavy (non-hydrogen) atoms. The number of hydrogen-bond acceptors (Lipinski definition) is 3. The second-order valence-electron chi connectivity index (χ2n) is 5.59. The maximum absolute atomic E-state index is 12.0. The molecule has 2 aromatic rings. The summed E-state index contributed by atoms with van der Waals surface area (Å²) in [6.07, 6.45) is 0.916. The second kappa shape index (κ2) is 8.15. The van der Waals surface area contributed by atoms with E-state index in [0.29, 0.717) is 13.0 Å². The van der Waals surface area contributed by atoms with E-state index in [1.54, 1.807) is 19.2 Å². The van der Waals surface area contributed by atoms with Crippen molar-refractivity contribution in [1.29, 1.82) is 0 Å². The standard InChI is InChI=1S/C19H21NO4/c1-13-3-8-17(24-2)16(11-13)9-10-20-18(21)12-14-4-6-15(7-5-14)19(22)23/h3-8,11H,9-10,12H2,1-2H3,(H,20,21)(H,22,23). The van der Waals surface area contributed by atoms with Crippen molar-refractivity contribution in [3.63, 3.8) is 0 Å². The highest BCUT2D eigenvalue weighted by Crippen LogP contribution is 2.19. The number of carbonyl (C=O) groups excluding carboxylic acids is 1. The fourth-order valence-electron chi connectivity index (χ4n) is 2.45. The van der Waals surface area contributed by atoms with Crippen LogP contribution in [0, 0.1) is 6.92 Å². The number of carbonyl (C=O) groups is 2. The van der Waals surface area contributed by atoms with Crippen LogP contribution < -0.4 is 10.1 Å². The first-order valence-corrected chi connectivity index (χ1v) is 7.72. The zero-order chi connectivity index (χ0) is 17.5. The van der Waals surface area contributed by atoms with Gasteiger partial charge in [-0.3, -0.25) is 4.79 Å². The van der Waals surface area contributed by atoms with Crippen LogP contribution in [0.5, 0.6) is 5.75 Å². The lowest BCUT2D eigenvalue weighted by Gasteiger charge is -2.10. The zero-order valence-corrected chi connectivity index (χ0v) is 13.8. The van der Waals surface area contributed by atoms with Crippen LogP contribution in [0.25, 0.3) is 0 Å². The Morgan fingerprint density at radius 2 is 1.83 bits per heavy atom. The first-order valence-electron chi connectivity index (χ1n) is 7.72. The van der Waals surface area contributed by atoms with Gasteiger partial charge in [0.1, 0.15) is 5.75 Å². The largest absolute Gasteiger partial charge is 0.496 e. The Morgan fingerprint density at radius 1 is 1.12 bits per heavy atom. The number of carboxylic acids is 1. The van der Waals surface area contributed by atoms with E-state index in [1.165, 1.54) is 12.1 Å². The van der Waals surface area contributed by atoms with Crippen molar-refractivity contribution in [2.24, 2.45) is 0 Å². The lowest BCUT2D eigenvalue weighted by molar-refractivity contribution is -0.120. The Balaban J connectivity index is 1.85. The van der Waals surface area contributed by atoms with Gasteiger partial charge in [-0.15, -0.1) is 0 Å². The van der Waals surface area contributed by atoms with Gasteiger partial charge in [-0.2, -0.15) is 0 Å². The molecule has 2 aromatic carbocycles. The monoisotopic (exact) mass is 327 g/mol. The van der Waals surface area contributed by atoms with Crippen LogP contribution in [0.1, 0.15) is 27.0 Å². The summed E-state index contributed by atoms with van der Waals surface area (Å²) in [5, 5.41) is 11.7. The van der Waals surface area contributed by atoms with Crippen molar-refractivity contribution in [2.75, 3.05) is 13.7 Å². The van der Waals surface area contributed by atoms with Gasteiger partial charge >= 0.3 is 5.97 Å². The molecule has 0 aliphatic rings. The van der Waals surface area contributed by atoms with Crippen LogP contribution in [0.4, 0.5) is 0 Å². The molecule has 1 amide bonds. The van der Waals surface area contributed by atoms with E-state index < -0.39 is 5.97 Å². The van der Waals surface area contributed by atoms with E-state index in [9.17, 15) is 9.59 Å². The first kappa shape index (κ1) is 17.5. The number of ether oxygens (including phenoxy) is 1. The van der Waals surface area contributed by atoms with Crippen molar-refractivity contribution in [1.82, 2.24) is 5.32 Å². The molecule has 0 saturated carbocycles. The minimum atomic E-state index is -0.974. The summed E-state index contributed by atoms with van der Waals surface area (Å²) in [5.74, 6) is -0.248. The molecule has 0 saturated heterocycles. The third-order valence-corrected chi connectivity index (χ3v) is 3.72. The van der Waals surface area contributed by atoms with Crippen LogP contribution in [0.2, 0.25) is 0 Å². The van der Waals surface area contributed by atoms with Gasteiger partial charge in [0.2, 0.25) is 5.91 Å². The molecular weight excluding hydrogens is 306 g/mol. The highest BCUT2D eigenvalue weighted by Gasteiger charge is 2.07. The van der Waals surface area contributed by atoms with Gasteiger partial charge in [0, 0.05) is 6.54 Å². The van der Waals surface area contributed by atoms with Gasteiger partial charge in [-0.1, -0.05) is 29.8 Å². The normalized spacial score (nSPS) is 10.2. The van der Waals surface area contributed by atoms with Gasteiger partial charge in [0.05, 0.1) is 19.1 Å². The maximum Gasteiger partial charge on any atom is 0.335 e. The summed E-state index contributed by atoms with van der Waals surface area (Å²) in [6.45, 7) is 2.54. The number of aryl methyl sites for hydroxylation is 1. The summed E-state index contributed by atoms with van der Waals surface area (Å²) in [5.41, 5.74) is 3.20. The van der Waals surface area contributed by atoms with Crippen molar-refractivity contribution in [3.8, 4) is 5.75 Å². The molecule has 0 fully saturated rings. The molecule has 5 heteroatoms. The first-order chi connectivity index (χ1) is 11.5. The number of rotatable bonds is 7. The van der Waals surface area contributed by atoms with Crippen LogP contribution >= 0.6 is 0 Å². The van der Waals surface area contributed by atoms with E-state index in [-0.39, 0.29) is 17.9 Å². The number of benzene rings is 2. The second-order valence-corrected chi connectivity index (χ2v) is 5.59. The van der Waals surface area contributed by atoms with Crippen LogP contribution in [0.15, 0.2) is 42.5 Å². The van der Waals surface area contributed by atoms with E-state index >= 15 is 0 Å². The third-order valence-electron chi connectivity index (χ3n) is 3.72. The van der Waals surface area contributed by atoms with Gasteiger partial charge < -0.3 is 15.2 Å². The summed E-state index contributed by atoms with van der Waals surface area (Å²) >= 11 is 0. The Labute approximate surface area is 141 Å². The summed E-state index contributed by atoms with van der Waals surface area (Å²) < 4.78 is 5.32. The molecule has 0 unspecified atom stereocenters. The van der Waals surface area contributed by atoms with E-state index in [0.717, 1.165) is 22.4 Å². The molecule has 0 heterocycles. The van der Waals surface area contributed by atoms with Gasteiger partial charge in [0.25, 0.3) is 0 Å². The molecule has 0 spiro atoms. The molecule has 0 radical (unpaired) electrons. The van der Waals surface area contributed by atoms with Crippen molar-refractivity contribution < 1.29 is 19.4 Å². The molecule has 5 nitrogen and oxygen atoms in total. The number of aromatic carboxylic acids is 1. The molecule has 0 aromatic heterocycles. The molecule has 2 N–H and O–H groups in total. The summed E-state index contributed by atoms with van der Waals surface area (Å²) in [7, 11) is 1.63. The SMILES string of the molecule is COc1ccc(C)cc1CCNC(=O)Cc1ccc(C(=O)O)cc1. The van der Waals surface area contributed by atoms with E-state index in [1.807, 2.05) is 19.1 Å². The Bertz CT molecular complexity index is 723. The Morgan fingerprint density at radius 3 is 2.46 bits per heavy atom. The molecule has 0 aliphatic carbocycles. The minimum Gasteiger partial charge on any atom is -0.496 e. The number of carboxylic acid groups (broad SMARTS) is 1. The third kappa shape index (κ3) is 4.84. The summed E-state index contributed by atoms with van der Waals surface area (Å²) in [6, 6.07) is 12.3. The van der Waals surface area contributed by atoms with Crippen molar-refractivity contribution in [2.45, 2.75) is 19.8 Å². The fourth-order valence-corrected chi connectivity index (χ4v) is 2.45. The van der Waals surface area contributed by atoms with Gasteiger partial charge in [0.15, 0.2) is 0 Å². The quantitative estimate of drug-likeness (QED) is 0.819. The van der Waals surface area contributed by atoms with Gasteiger partial charge in [-0.25, -0.2) is 4.79 Å². The highest BCUT2D eigenvalue weighted by molar-refractivity contribution is 5.87. The van der Waals surface area contributed by atoms with E-state index in [4.69, 9.17) is 9.84 Å². The van der Waals surface area contributed by atoms with Crippen LogP contribution in [-0.2, 0) is 17.6 Å². The van der Waals surface area contributed by atoms with Crippen molar-refractivity contribution >= 4 is 11.9 Å². The highest BCUT2D eigenvalue weighted by atomic mass is 16.5. The summed E-state index contributed by atoms with van der Waals surface area (Å²) in [4.78, 5) is 22.8. The number of amides is 1. The number of hydrogen-bond donors (Lipinski definition) is 2. The molecule has 2 rings (SSSR count). The molecule has 0 atom stereocenters. The average Bonchev–Trinajstić information content (AvgIpc) is 2.55. The topological polar surface area (TPSA) is 75.6 Å². The Kier molecular flexibility index (Phi) is 5.95. The van der Waals surface area contributed by atoms with Crippen LogP contribution in [-0.4, -0.2) is 30.6 Å². The minimum absolute atomic E-state index is 0.0929. The maximum atomic E-state index is 12.0. The number of nitrogens with one attached hydrogen (secondary N) is 1. The zero-order valence-electron chi connectivity index (χ0n) is 13.8. The Hall–Kier alpha value is -2.82. The predicted molar refractivity (Wildman–Crippen MR) is 91.6 cm³/mol. The molecule has 126 valence electrons. The lowest BCUT2D eigenvalue weighted by Crippen LogP contribution is -2.27. The predicted octanol–water partition coefficient (Wildman–Crippen LogP) is 2.60. The average molecular weight is 327 g/mol. The lowest BCUT2D eigenvalue weighted by atomic mass is 10.1. The molecular formula is C19H21NO4. The smallest absolute Gasteiger partial charge is 0.335 e. The number of methoxy groups -OCH3 is 1. The van der Waals surface area contributed by atoms with E-state index in [2.05, 4.69) is 11.4 Å². The molecule has 0 bridgehead atoms.